The van der Waals surface area contributed by atoms with Crippen molar-refractivity contribution in [2.45, 2.75) is 44.4 Å². The van der Waals surface area contributed by atoms with Crippen molar-refractivity contribution in [3.8, 4) is 5.82 Å². The second-order valence-corrected chi connectivity index (χ2v) is 10.2. The van der Waals surface area contributed by atoms with E-state index in [1.165, 1.54) is 23.7 Å². The number of nitrogens with one attached hydrogen (secondary N) is 1. The molecule has 11 heteroatoms. The van der Waals surface area contributed by atoms with Crippen LogP contribution in [0, 0.1) is 0 Å². The predicted molar refractivity (Wildman–Crippen MR) is 98.8 cm³/mol. The van der Waals surface area contributed by atoms with E-state index in [-0.39, 0.29) is 6.04 Å². The van der Waals surface area contributed by atoms with Crippen LogP contribution in [0.25, 0.3) is 5.82 Å². The minimum atomic E-state index is -3.30. The molecular weight excluding hydrogens is 378 g/mol. The molecule has 9 nitrogen and oxygen atoms in total. The Labute approximate surface area is 157 Å². The highest BCUT2D eigenvalue weighted by Gasteiger charge is 2.37. The molecular formula is C15H22ClN7O2S. The molecule has 3 rings (SSSR count). The Morgan fingerprint density at radius 1 is 1.19 bits per heavy atom. The van der Waals surface area contributed by atoms with Gasteiger partial charge in [0, 0.05) is 19.1 Å². The molecule has 0 aromatic carbocycles. The van der Waals surface area contributed by atoms with Gasteiger partial charge in [-0.05, 0) is 33.6 Å². The summed E-state index contributed by atoms with van der Waals surface area (Å²) >= 11 is 6.40. The molecule has 0 saturated carbocycles. The SMILES string of the molecule is CC(C)(C)S(=O)(=O)N1CCC(Nc2ncnc(-n3cncn3)c2Cl)CC1. The van der Waals surface area contributed by atoms with E-state index in [2.05, 4.69) is 25.4 Å². The second-order valence-electron chi connectivity index (χ2n) is 7.13. The monoisotopic (exact) mass is 399 g/mol. The van der Waals surface area contributed by atoms with Crippen molar-refractivity contribution in [2.24, 2.45) is 0 Å². The zero-order valence-corrected chi connectivity index (χ0v) is 16.5. The summed E-state index contributed by atoms with van der Waals surface area (Å²) < 4.78 is 27.3. The van der Waals surface area contributed by atoms with Gasteiger partial charge in [0.05, 0.1) is 4.75 Å². The molecule has 0 amide bonds. The van der Waals surface area contributed by atoms with Gasteiger partial charge in [-0.15, -0.1) is 0 Å². The Kier molecular flexibility index (Phi) is 5.18. The van der Waals surface area contributed by atoms with E-state index in [0.29, 0.717) is 42.6 Å². The van der Waals surface area contributed by atoms with Crippen molar-refractivity contribution in [1.29, 1.82) is 0 Å². The number of sulfonamides is 1. The highest BCUT2D eigenvalue weighted by molar-refractivity contribution is 7.90. The van der Waals surface area contributed by atoms with Crippen LogP contribution in [0.2, 0.25) is 5.02 Å². The normalized spacial score (nSPS) is 17.4. The molecule has 1 aliphatic rings. The van der Waals surface area contributed by atoms with Gasteiger partial charge in [0.1, 0.15) is 24.0 Å². The fourth-order valence-electron chi connectivity index (χ4n) is 2.76. The molecule has 2 aromatic heterocycles. The standard InChI is InChI=1S/C15H22ClN7O2S/c1-15(2,3)26(24,25)22-6-4-11(5-7-22)21-13-12(16)14(19-9-18-13)23-10-17-8-20-23/h8-11H,4-7H2,1-3H3,(H,18,19,21). The molecule has 2 aromatic rings. The number of halogens is 1. The van der Waals surface area contributed by atoms with E-state index in [1.807, 2.05) is 0 Å². The summed E-state index contributed by atoms with van der Waals surface area (Å²) in [7, 11) is -3.30. The lowest BCUT2D eigenvalue weighted by atomic mass is 10.1. The van der Waals surface area contributed by atoms with Crippen molar-refractivity contribution in [2.75, 3.05) is 18.4 Å². The van der Waals surface area contributed by atoms with Crippen LogP contribution >= 0.6 is 11.6 Å². The molecule has 1 saturated heterocycles. The maximum atomic E-state index is 12.6. The Hall–Kier alpha value is -1.78. The molecule has 0 spiro atoms. The van der Waals surface area contributed by atoms with Crippen LogP contribution in [-0.2, 0) is 10.0 Å². The van der Waals surface area contributed by atoms with E-state index < -0.39 is 14.8 Å². The average Bonchev–Trinajstić information content (AvgIpc) is 3.10. The van der Waals surface area contributed by atoms with Crippen LogP contribution in [0.3, 0.4) is 0 Å². The Morgan fingerprint density at radius 2 is 1.88 bits per heavy atom. The van der Waals surface area contributed by atoms with Crippen molar-refractivity contribution >= 4 is 27.4 Å². The first kappa shape index (κ1) is 19.0. The van der Waals surface area contributed by atoms with Gasteiger partial charge >= 0.3 is 0 Å². The third-order valence-electron chi connectivity index (χ3n) is 4.32. The lowest BCUT2D eigenvalue weighted by Gasteiger charge is -2.35. The van der Waals surface area contributed by atoms with Gasteiger partial charge in [0.15, 0.2) is 11.6 Å². The van der Waals surface area contributed by atoms with Crippen LogP contribution in [0.15, 0.2) is 19.0 Å². The van der Waals surface area contributed by atoms with E-state index in [9.17, 15) is 8.42 Å². The Balaban J connectivity index is 1.68. The fourth-order valence-corrected chi connectivity index (χ4v) is 4.46. The van der Waals surface area contributed by atoms with Crippen molar-refractivity contribution in [3.05, 3.63) is 24.0 Å². The minimum Gasteiger partial charge on any atom is -0.366 e. The number of rotatable bonds is 4. The number of aromatic nitrogens is 5. The summed E-state index contributed by atoms with van der Waals surface area (Å²) in [4.78, 5) is 12.2. The van der Waals surface area contributed by atoms with Crippen molar-refractivity contribution in [3.63, 3.8) is 0 Å². The van der Waals surface area contributed by atoms with E-state index >= 15 is 0 Å². The average molecular weight is 400 g/mol. The van der Waals surface area contributed by atoms with Crippen molar-refractivity contribution < 1.29 is 8.42 Å². The predicted octanol–water partition coefficient (Wildman–Crippen LogP) is 1.72. The van der Waals surface area contributed by atoms with Crippen molar-refractivity contribution in [1.82, 2.24) is 29.0 Å². The first-order valence-corrected chi connectivity index (χ1v) is 10.1. The summed E-state index contributed by atoms with van der Waals surface area (Å²) in [5.41, 5.74) is 0. The third-order valence-corrected chi connectivity index (χ3v) is 7.26. The number of anilines is 1. The number of hydrogen-bond donors (Lipinski definition) is 1. The summed E-state index contributed by atoms with van der Waals surface area (Å²) in [6.07, 6.45) is 5.66. The third kappa shape index (κ3) is 3.67. The van der Waals surface area contributed by atoms with Gasteiger partial charge in [-0.25, -0.2) is 32.4 Å². The second kappa shape index (κ2) is 7.09. The van der Waals surface area contributed by atoms with Gasteiger partial charge in [-0.2, -0.15) is 5.10 Å². The van der Waals surface area contributed by atoms with Crippen LogP contribution in [0.1, 0.15) is 33.6 Å². The molecule has 1 aliphatic heterocycles. The molecule has 3 heterocycles. The molecule has 0 bridgehead atoms. The highest BCUT2D eigenvalue weighted by atomic mass is 35.5. The summed E-state index contributed by atoms with van der Waals surface area (Å²) in [5.74, 6) is 0.943. The van der Waals surface area contributed by atoms with Gasteiger partial charge in [0.2, 0.25) is 10.0 Å². The molecule has 0 unspecified atom stereocenters. The zero-order chi connectivity index (χ0) is 18.9. The number of hydrogen-bond acceptors (Lipinski definition) is 7. The molecule has 1 N–H and O–H groups in total. The first-order valence-electron chi connectivity index (χ1n) is 8.32. The van der Waals surface area contributed by atoms with E-state index in [0.717, 1.165) is 0 Å². The molecule has 142 valence electrons. The molecule has 0 aliphatic carbocycles. The minimum absolute atomic E-state index is 0.0809. The fraction of sp³-hybridized carbons (Fsp3) is 0.600. The lowest BCUT2D eigenvalue weighted by molar-refractivity contribution is 0.321. The van der Waals surface area contributed by atoms with Crippen LogP contribution in [0.5, 0.6) is 0 Å². The van der Waals surface area contributed by atoms with Gasteiger partial charge in [-0.3, -0.25) is 0 Å². The van der Waals surface area contributed by atoms with Crippen LogP contribution in [-0.4, -0.2) is 61.3 Å². The largest absolute Gasteiger partial charge is 0.366 e. The summed E-state index contributed by atoms with van der Waals surface area (Å²) in [6, 6.07) is 0.0809. The van der Waals surface area contributed by atoms with Gasteiger partial charge in [0.25, 0.3) is 0 Å². The lowest BCUT2D eigenvalue weighted by Crippen LogP contribution is -2.48. The summed E-state index contributed by atoms with van der Waals surface area (Å²) in [6.45, 7) is 6.10. The Morgan fingerprint density at radius 3 is 2.46 bits per heavy atom. The van der Waals surface area contributed by atoms with E-state index in [1.54, 1.807) is 25.1 Å². The highest BCUT2D eigenvalue weighted by Crippen LogP contribution is 2.28. The molecule has 0 radical (unpaired) electrons. The summed E-state index contributed by atoms with van der Waals surface area (Å²) in [5, 5.41) is 7.67. The molecule has 0 atom stereocenters. The van der Waals surface area contributed by atoms with E-state index in [4.69, 9.17) is 11.6 Å². The van der Waals surface area contributed by atoms with Crippen LogP contribution in [0.4, 0.5) is 5.82 Å². The zero-order valence-electron chi connectivity index (χ0n) is 14.9. The van der Waals surface area contributed by atoms with Crippen LogP contribution < -0.4 is 5.32 Å². The molecule has 1 fully saturated rings. The number of piperidine rings is 1. The van der Waals surface area contributed by atoms with Gasteiger partial charge in [-0.1, -0.05) is 11.6 Å². The molecule has 26 heavy (non-hydrogen) atoms. The smallest absolute Gasteiger partial charge is 0.219 e. The maximum Gasteiger partial charge on any atom is 0.219 e. The van der Waals surface area contributed by atoms with Gasteiger partial charge < -0.3 is 5.32 Å². The number of nitrogens with zero attached hydrogens (tertiary/aromatic N) is 6. The quantitative estimate of drug-likeness (QED) is 0.834. The Bertz CT molecular complexity index is 857. The first-order chi connectivity index (χ1) is 12.2. The topological polar surface area (TPSA) is 106 Å². The maximum absolute atomic E-state index is 12.6.